The lowest BCUT2D eigenvalue weighted by Crippen LogP contribution is -2.36. The molecule has 0 heterocycles. The third kappa shape index (κ3) is 5.52. The van der Waals surface area contributed by atoms with Crippen LogP contribution in [0.15, 0.2) is 42.5 Å². The van der Waals surface area contributed by atoms with Crippen LogP contribution in [0.1, 0.15) is 58.4 Å². The molecule has 2 aromatic rings. The van der Waals surface area contributed by atoms with Gasteiger partial charge in [-0.3, -0.25) is 9.59 Å². The largest absolute Gasteiger partial charge is 0.349 e. The van der Waals surface area contributed by atoms with E-state index in [1.165, 1.54) is 12.0 Å². The molecule has 6 heteroatoms. The summed E-state index contributed by atoms with van der Waals surface area (Å²) in [5, 5.41) is 6.30. The summed E-state index contributed by atoms with van der Waals surface area (Å²) in [6.07, 6.45) is 7.57. The summed E-state index contributed by atoms with van der Waals surface area (Å²) in [5.41, 5.74) is 2.70. The topological polar surface area (TPSA) is 58.2 Å². The molecule has 1 fully saturated rings. The van der Waals surface area contributed by atoms with Crippen LogP contribution in [-0.4, -0.2) is 24.1 Å². The Labute approximate surface area is 175 Å². The third-order valence-electron chi connectivity index (χ3n) is 4.94. The maximum absolute atomic E-state index is 12.6. The SMILES string of the molecule is CSCc1ccc(C(=O)Nc2ccc(Cl)c(C(=O)NC3CCCCC3)c2)cc1. The lowest BCUT2D eigenvalue weighted by atomic mass is 9.95. The van der Waals surface area contributed by atoms with E-state index in [4.69, 9.17) is 11.6 Å². The van der Waals surface area contributed by atoms with Crippen molar-refractivity contribution >= 4 is 40.9 Å². The molecule has 2 aromatic carbocycles. The Morgan fingerprint density at radius 1 is 1.04 bits per heavy atom. The van der Waals surface area contributed by atoms with Crippen LogP contribution in [0.25, 0.3) is 0 Å². The van der Waals surface area contributed by atoms with Crippen LogP contribution in [0.3, 0.4) is 0 Å². The zero-order chi connectivity index (χ0) is 19.9. The van der Waals surface area contributed by atoms with Crippen molar-refractivity contribution in [1.29, 1.82) is 0 Å². The molecule has 0 radical (unpaired) electrons. The molecule has 3 rings (SSSR count). The van der Waals surface area contributed by atoms with Crippen molar-refractivity contribution in [2.75, 3.05) is 11.6 Å². The predicted octanol–water partition coefficient (Wildman–Crippen LogP) is 5.52. The lowest BCUT2D eigenvalue weighted by Gasteiger charge is -2.23. The Balaban J connectivity index is 1.68. The molecular formula is C22H25ClN2O2S. The number of hydrogen-bond donors (Lipinski definition) is 2. The van der Waals surface area contributed by atoms with Gasteiger partial charge in [0.2, 0.25) is 0 Å². The van der Waals surface area contributed by atoms with Gasteiger partial charge in [0.15, 0.2) is 0 Å². The van der Waals surface area contributed by atoms with Gasteiger partial charge < -0.3 is 10.6 Å². The monoisotopic (exact) mass is 416 g/mol. The highest BCUT2D eigenvalue weighted by Crippen LogP contribution is 2.23. The molecule has 0 unspecified atom stereocenters. The minimum Gasteiger partial charge on any atom is -0.349 e. The Hall–Kier alpha value is -1.98. The predicted molar refractivity (Wildman–Crippen MR) is 117 cm³/mol. The van der Waals surface area contributed by atoms with E-state index in [0.29, 0.717) is 21.8 Å². The minimum absolute atomic E-state index is 0.186. The van der Waals surface area contributed by atoms with Gasteiger partial charge in [0.25, 0.3) is 11.8 Å². The second kappa shape index (κ2) is 9.99. The molecule has 148 valence electrons. The minimum atomic E-state index is -0.211. The van der Waals surface area contributed by atoms with Crippen LogP contribution in [-0.2, 0) is 5.75 Å². The number of thioether (sulfide) groups is 1. The molecule has 28 heavy (non-hydrogen) atoms. The van der Waals surface area contributed by atoms with Gasteiger partial charge in [0, 0.05) is 23.0 Å². The van der Waals surface area contributed by atoms with Crippen LogP contribution in [0.5, 0.6) is 0 Å². The van der Waals surface area contributed by atoms with Gasteiger partial charge in [-0.25, -0.2) is 0 Å². The van der Waals surface area contributed by atoms with Crippen LogP contribution in [0, 0.1) is 0 Å². The van der Waals surface area contributed by atoms with Crippen LogP contribution >= 0.6 is 23.4 Å². The fraction of sp³-hybridized carbons (Fsp3) is 0.364. The maximum Gasteiger partial charge on any atom is 0.255 e. The van der Waals surface area contributed by atoms with Crippen molar-refractivity contribution in [3.8, 4) is 0 Å². The van der Waals surface area contributed by atoms with Crippen molar-refractivity contribution in [1.82, 2.24) is 5.32 Å². The molecule has 0 aliphatic heterocycles. The van der Waals surface area contributed by atoms with Gasteiger partial charge in [-0.1, -0.05) is 43.0 Å². The number of benzene rings is 2. The first-order chi connectivity index (χ1) is 13.6. The van der Waals surface area contributed by atoms with Gasteiger partial charge in [-0.05, 0) is 55.0 Å². The molecule has 1 saturated carbocycles. The van der Waals surface area contributed by atoms with Gasteiger partial charge in [-0.2, -0.15) is 11.8 Å². The third-order valence-corrected chi connectivity index (χ3v) is 5.89. The van der Waals surface area contributed by atoms with Gasteiger partial charge >= 0.3 is 0 Å². The van der Waals surface area contributed by atoms with E-state index in [9.17, 15) is 9.59 Å². The van der Waals surface area contributed by atoms with E-state index in [-0.39, 0.29) is 17.9 Å². The van der Waals surface area contributed by atoms with E-state index < -0.39 is 0 Å². The first-order valence-electron chi connectivity index (χ1n) is 9.56. The summed E-state index contributed by atoms with van der Waals surface area (Å²) in [7, 11) is 0. The standard InChI is InChI=1S/C22H25ClN2O2S/c1-28-14-15-7-9-16(10-8-15)21(26)25-18-11-12-20(23)19(13-18)22(27)24-17-5-3-2-4-6-17/h7-13,17H,2-6,14H2,1H3,(H,24,27)(H,25,26). The summed E-state index contributed by atoms with van der Waals surface area (Å²) in [6, 6.07) is 12.7. The number of hydrogen-bond acceptors (Lipinski definition) is 3. The number of rotatable bonds is 6. The van der Waals surface area contributed by atoms with Crippen molar-refractivity contribution in [2.45, 2.75) is 43.9 Å². The normalized spacial score (nSPS) is 14.5. The van der Waals surface area contributed by atoms with Crippen LogP contribution in [0.4, 0.5) is 5.69 Å². The van der Waals surface area contributed by atoms with Crippen LogP contribution < -0.4 is 10.6 Å². The Morgan fingerprint density at radius 3 is 2.43 bits per heavy atom. The number of amides is 2. The molecule has 0 saturated heterocycles. The molecule has 0 bridgehead atoms. The first-order valence-corrected chi connectivity index (χ1v) is 11.3. The quantitative estimate of drug-likeness (QED) is 0.651. The van der Waals surface area contributed by atoms with Gasteiger partial charge in [-0.15, -0.1) is 0 Å². The molecule has 2 N–H and O–H groups in total. The summed E-state index contributed by atoms with van der Waals surface area (Å²) < 4.78 is 0. The fourth-order valence-corrected chi connectivity index (χ4v) is 4.14. The maximum atomic E-state index is 12.6. The average molecular weight is 417 g/mol. The highest BCUT2D eigenvalue weighted by atomic mass is 35.5. The number of carbonyl (C=O) groups is 2. The second-order valence-electron chi connectivity index (χ2n) is 7.09. The molecule has 2 amide bonds. The Bertz CT molecular complexity index is 833. The smallest absolute Gasteiger partial charge is 0.255 e. The van der Waals surface area contributed by atoms with Crippen molar-refractivity contribution in [3.05, 3.63) is 64.2 Å². The van der Waals surface area contributed by atoms with Crippen molar-refractivity contribution in [2.24, 2.45) is 0 Å². The van der Waals surface area contributed by atoms with E-state index in [1.54, 1.807) is 30.0 Å². The van der Waals surface area contributed by atoms with E-state index >= 15 is 0 Å². The average Bonchev–Trinajstić information content (AvgIpc) is 2.71. The van der Waals surface area contributed by atoms with Gasteiger partial charge in [0.1, 0.15) is 0 Å². The Morgan fingerprint density at radius 2 is 1.75 bits per heavy atom. The highest BCUT2D eigenvalue weighted by molar-refractivity contribution is 7.97. The van der Waals surface area contributed by atoms with E-state index in [2.05, 4.69) is 10.6 Å². The van der Waals surface area contributed by atoms with Crippen molar-refractivity contribution < 1.29 is 9.59 Å². The number of anilines is 1. The molecule has 1 aliphatic carbocycles. The summed E-state index contributed by atoms with van der Waals surface area (Å²) in [6.45, 7) is 0. The second-order valence-corrected chi connectivity index (χ2v) is 8.36. The van der Waals surface area contributed by atoms with E-state index in [1.807, 2.05) is 30.5 Å². The lowest BCUT2D eigenvalue weighted by molar-refractivity contribution is 0.0926. The molecule has 4 nitrogen and oxygen atoms in total. The molecule has 0 atom stereocenters. The highest BCUT2D eigenvalue weighted by Gasteiger charge is 2.19. The fourth-order valence-electron chi connectivity index (χ4n) is 3.41. The first kappa shape index (κ1) is 20.7. The number of carbonyl (C=O) groups excluding carboxylic acids is 2. The summed E-state index contributed by atoms with van der Waals surface area (Å²) in [5.74, 6) is 0.518. The Kier molecular flexibility index (Phi) is 7.40. The zero-order valence-electron chi connectivity index (χ0n) is 16.0. The number of nitrogens with one attached hydrogen (secondary N) is 2. The molecule has 0 aromatic heterocycles. The summed E-state index contributed by atoms with van der Waals surface area (Å²) in [4.78, 5) is 25.1. The van der Waals surface area contributed by atoms with Crippen molar-refractivity contribution in [3.63, 3.8) is 0 Å². The summed E-state index contributed by atoms with van der Waals surface area (Å²) >= 11 is 7.97. The molecule has 1 aliphatic rings. The number of halogens is 1. The van der Waals surface area contributed by atoms with Gasteiger partial charge in [0.05, 0.1) is 10.6 Å². The zero-order valence-corrected chi connectivity index (χ0v) is 17.5. The molecule has 0 spiro atoms. The molecular weight excluding hydrogens is 392 g/mol. The van der Waals surface area contributed by atoms with E-state index in [0.717, 1.165) is 31.4 Å². The van der Waals surface area contributed by atoms with Crippen LogP contribution in [0.2, 0.25) is 5.02 Å².